The molecule has 0 heterocycles. The van der Waals surface area contributed by atoms with Gasteiger partial charge in [-0.1, -0.05) is 60.2 Å². The Kier molecular flexibility index (Phi) is 19.7. The highest BCUT2D eigenvalue weighted by atomic mass is 16.6. The van der Waals surface area contributed by atoms with Crippen LogP contribution in [0.1, 0.15) is 40.0 Å². The highest BCUT2D eigenvalue weighted by Crippen LogP contribution is 2.45. The molecule has 0 aromatic carbocycles. The Bertz CT molecular complexity index is 1480. The van der Waals surface area contributed by atoms with Gasteiger partial charge in [0.15, 0.2) is 0 Å². The first kappa shape index (κ1) is 48.8. The average molecular weight is 805 g/mol. The van der Waals surface area contributed by atoms with E-state index >= 15 is 0 Å². The number of carbonyl (C=O) groups excluding carboxylic acids is 8. The van der Waals surface area contributed by atoms with Crippen LogP contribution in [0.25, 0.3) is 0 Å². The van der Waals surface area contributed by atoms with Crippen molar-refractivity contribution in [2.24, 2.45) is 16.2 Å². The van der Waals surface area contributed by atoms with Crippen molar-refractivity contribution < 1.29 is 76.3 Å². The van der Waals surface area contributed by atoms with E-state index < -0.39 is 117 Å². The number of amides is 2. The lowest BCUT2D eigenvalue weighted by atomic mass is 9.62. The summed E-state index contributed by atoms with van der Waals surface area (Å²) in [5.41, 5.74) is -4.52. The van der Waals surface area contributed by atoms with Gasteiger partial charge in [0, 0.05) is 49.0 Å². The van der Waals surface area contributed by atoms with Crippen molar-refractivity contribution >= 4 is 48.0 Å². The summed E-state index contributed by atoms with van der Waals surface area (Å²) < 4.78 is 41.8. The van der Waals surface area contributed by atoms with Crippen molar-refractivity contribution in [3.05, 3.63) is 75.9 Å². The number of alkyl carbamates (subject to hydrolysis) is 2. The molecule has 2 N–H and O–H groups in total. The van der Waals surface area contributed by atoms with Crippen LogP contribution in [0.15, 0.2) is 75.9 Å². The van der Waals surface area contributed by atoms with Crippen molar-refractivity contribution in [2.45, 2.75) is 51.7 Å². The number of ether oxygens (including phenoxy) is 8. The van der Waals surface area contributed by atoms with Crippen LogP contribution in [0.3, 0.4) is 0 Å². The summed E-state index contributed by atoms with van der Waals surface area (Å²) in [5.74, 6) is -5.31. The largest absolute Gasteiger partial charge is 0.462 e. The monoisotopic (exact) mass is 804 g/mol. The van der Waals surface area contributed by atoms with Gasteiger partial charge >= 0.3 is 48.0 Å². The normalized spacial score (nSPS) is 17.0. The fraction of sp³-hybridized carbons (Fsp3) is 0.487. The van der Waals surface area contributed by atoms with Gasteiger partial charge in [0.2, 0.25) is 5.60 Å². The van der Waals surface area contributed by atoms with Crippen LogP contribution < -0.4 is 10.6 Å². The van der Waals surface area contributed by atoms with Gasteiger partial charge in [0.05, 0.1) is 0 Å². The molecule has 0 aliphatic heterocycles. The number of hydrogen-bond donors (Lipinski definition) is 2. The van der Waals surface area contributed by atoms with Crippen LogP contribution in [0, 0.1) is 16.2 Å². The molecule has 314 valence electrons. The SMILES string of the molecule is C=CC(=O)OCC(COC(=O)C=C)(COC(=O)C=C)COC(=O)NC1CC(C)(C)CC(C)(CNC(=O)OCC(COC(=O)C=C)(COC(=O)C=C)OC(=O)C=C)C1. The fourth-order valence-corrected chi connectivity index (χ4v) is 5.92. The zero-order chi connectivity index (χ0) is 43.3. The average Bonchev–Trinajstić information content (AvgIpc) is 3.18. The minimum atomic E-state index is -1.97. The molecular formula is C39H52N2O16. The number of rotatable bonds is 24. The molecular weight excluding hydrogens is 752 g/mol. The lowest BCUT2D eigenvalue weighted by molar-refractivity contribution is -0.184. The van der Waals surface area contributed by atoms with E-state index in [1.807, 2.05) is 20.8 Å². The summed E-state index contributed by atoms with van der Waals surface area (Å²) in [5, 5.41) is 5.48. The molecule has 0 radical (unpaired) electrons. The van der Waals surface area contributed by atoms with Gasteiger partial charge in [-0.05, 0) is 30.1 Å². The molecule has 2 amide bonds. The molecule has 57 heavy (non-hydrogen) atoms. The third kappa shape index (κ3) is 18.3. The number of carbonyl (C=O) groups is 8. The molecule has 0 aromatic rings. The molecule has 0 aromatic heterocycles. The number of nitrogens with one attached hydrogen (secondary N) is 2. The Morgan fingerprint density at radius 2 is 0.912 bits per heavy atom. The molecule has 1 saturated carbocycles. The van der Waals surface area contributed by atoms with Gasteiger partial charge in [0.1, 0.15) is 51.7 Å². The minimum Gasteiger partial charge on any atom is -0.462 e. The third-order valence-electron chi connectivity index (χ3n) is 8.23. The Labute approximate surface area is 331 Å². The van der Waals surface area contributed by atoms with E-state index in [9.17, 15) is 38.4 Å². The highest BCUT2D eigenvalue weighted by Gasteiger charge is 2.44. The highest BCUT2D eigenvalue weighted by molar-refractivity contribution is 5.84. The van der Waals surface area contributed by atoms with Crippen molar-refractivity contribution in [1.29, 1.82) is 0 Å². The summed E-state index contributed by atoms with van der Waals surface area (Å²) in [6, 6.07) is -0.487. The van der Waals surface area contributed by atoms with E-state index in [4.69, 9.17) is 37.9 Å². The number of hydrogen-bond acceptors (Lipinski definition) is 16. The Morgan fingerprint density at radius 3 is 1.33 bits per heavy atom. The molecule has 1 aliphatic rings. The fourth-order valence-electron chi connectivity index (χ4n) is 5.92. The summed E-state index contributed by atoms with van der Waals surface area (Å²) in [6.45, 7) is 21.6. The maximum Gasteiger partial charge on any atom is 0.407 e. The van der Waals surface area contributed by atoms with Crippen LogP contribution in [0.4, 0.5) is 9.59 Å². The third-order valence-corrected chi connectivity index (χ3v) is 8.23. The van der Waals surface area contributed by atoms with E-state index in [1.54, 1.807) is 0 Å². The number of esters is 6. The Hall–Kier alpha value is -6.20. The molecule has 1 aliphatic carbocycles. The Morgan fingerprint density at radius 1 is 0.544 bits per heavy atom. The first-order chi connectivity index (χ1) is 26.7. The summed E-state index contributed by atoms with van der Waals surface area (Å²) in [4.78, 5) is 97.8. The second-order valence-corrected chi connectivity index (χ2v) is 14.3. The van der Waals surface area contributed by atoms with E-state index in [1.165, 1.54) is 0 Å². The molecule has 18 heteroatoms. The minimum absolute atomic E-state index is 0.0416. The Balaban J connectivity index is 3.12. The molecule has 2 atom stereocenters. The predicted molar refractivity (Wildman–Crippen MR) is 201 cm³/mol. The van der Waals surface area contributed by atoms with Gasteiger partial charge < -0.3 is 48.5 Å². The maximum atomic E-state index is 13.2. The molecule has 1 fully saturated rings. The van der Waals surface area contributed by atoms with Gasteiger partial charge in [-0.15, -0.1) is 0 Å². The molecule has 2 unspecified atom stereocenters. The second kappa shape index (κ2) is 23.0. The maximum absolute atomic E-state index is 13.2. The zero-order valence-electron chi connectivity index (χ0n) is 32.6. The molecule has 1 rings (SSSR count). The van der Waals surface area contributed by atoms with E-state index in [0.717, 1.165) is 36.5 Å². The van der Waals surface area contributed by atoms with Crippen LogP contribution in [0.2, 0.25) is 0 Å². The molecule has 0 saturated heterocycles. The van der Waals surface area contributed by atoms with Crippen LogP contribution in [0.5, 0.6) is 0 Å². The van der Waals surface area contributed by atoms with Crippen molar-refractivity contribution in [3.8, 4) is 0 Å². The molecule has 18 nitrogen and oxygen atoms in total. The lowest BCUT2D eigenvalue weighted by Crippen LogP contribution is -2.52. The van der Waals surface area contributed by atoms with Crippen molar-refractivity contribution in [1.82, 2.24) is 10.6 Å². The smallest absolute Gasteiger partial charge is 0.407 e. The second-order valence-electron chi connectivity index (χ2n) is 14.3. The zero-order valence-corrected chi connectivity index (χ0v) is 32.6. The summed E-state index contributed by atoms with van der Waals surface area (Å²) in [6.07, 6.45) is 4.76. The summed E-state index contributed by atoms with van der Waals surface area (Å²) in [7, 11) is 0. The van der Waals surface area contributed by atoms with Crippen LogP contribution in [-0.2, 0) is 66.7 Å². The first-order valence-electron chi connectivity index (χ1n) is 17.4. The molecule has 0 bridgehead atoms. The summed E-state index contributed by atoms with van der Waals surface area (Å²) >= 11 is 0. The van der Waals surface area contributed by atoms with Crippen LogP contribution >= 0.6 is 0 Å². The van der Waals surface area contributed by atoms with Gasteiger partial charge in [-0.3, -0.25) is 0 Å². The van der Waals surface area contributed by atoms with Crippen LogP contribution in [-0.4, -0.2) is 112 Å². The van der Waals surface area contributed by atoms with E-state index in [0.29, 0.717) is 19.3 Å². The van der Waals surface area contributed by atoms with Crippen molar-refractivity contribution in [3.63, 3.8) is 0 Å². The van der Waals surface area contributed by atoms with E-state index in [2.05, 4.69) is 50.1 Å². The first-order valence-corrected chi connectivity index (χ1v) is 17.4. The van der Waals surface area contributed by atoms with E-state index in [-0.39, 0.29) is 12.0 Å². The van der Waals surface area contributed by atoms with Gasteiger partial charge in [-0.25, -0.2) is 38.4 Å². The van der Waals surface area contributed by atoms with Gasteiger partial charge in [-0.2, -0.15) is 0 Å². The topological polar surface area (TPSA) is 234 Å². The van der Waals surface area contributed by atoms with Gasteiger partial charge in [0.25, 0.3) is 0 Å². The van der Waals surface area contributed by atoms with Crippen molar-refractivity contribution in [2.75, 3.05) is 52.8 Å². The quantitative estimate of drug-likeness (QED) is 0.0810. The lowest BCUT2D eigenvalue weighted by Gasteiger charge is -2.46. The molecule has 0 spiro atoms. The predicted octanol–water partition coefficient (Wildman–Crippen LogP) is 3.12. The standard InChI is InChI=1S/C39H52N2O16/c1-10-28(42)50-20-38(21-51-29(43)11-2,22-52-30(44)12-3)23-55-35(49)41-27-16-36(7,8)18-37(9,17-27)19-40-34(48)56-26-39(57-33(47)15-6,24-53-31(45)13-4)25-54-32(46)14-5/h10-15,27H,1-6,16-26H2,7-9H3,(H,40,48)(H,41,49).